The monoisotopic (exact) mass is 296 g/mol. The molecule has 1 N–H and O–H groups in total. The number of aryl methyl sites for hydroxylation is 3. The molecule has 0 saturated carbocycles. The Morgan fingerprint density at radius 1 is 1.23 bits per heavy atom. The second-order valence-corrected chi connectivity index (χ2v) is 5.51. The molecule has 0 spiro atoms. The third-order valence-electron chi connectivity index (χ3n) is 3.79. The zero-order valence-corrected chi connectivity index (χ0v) is 13.1. The van der Waals surface area contributed by atoms with E-state index in [1.807, 2.05) is 31.3 Å². The molecule has 0 fully saturated rings. The molecule has 22 heavy (non-hydrogen) atoms. The van der Waals surface area contributed by atoms with Crippen molar-refractivity contribution in [2.75, 3.05) is 5.32 Å². The SMILES string of the molecule is CCn1c(C)cc2cc(NC(=O)Cn3ccc(C)n3)ccc21. The van der Waals surface area contributed by atoms with Crippen molar-refractivity contribution >= 4 is 22.5 Å². The van der Waals surface area contributed by atoms with Crippen LogP contribution in [-0.4, -0.2) is 20.3 Å². The molecule has 3 aromatic rings. The Bertz CT molecular complexity index is 828. The fourth-order valence-electron chi connectivity index (χ4n) is 2.81. The molecule has 0 aliphatic carbocycles. The van der Waals surface area contributed by atoms with Crippen molar-refractivity contribution in [3.05, 3.63) is 47.9 Å². The topological polar surface area (TPSA) is 51.9 Å². The Balaban J connectivity index is 1.77. The summed E-state index contributed by atoms with van der Waals surface area (Å²) in [6.45, 7) is 7.31. The second kappa shape index (κ2) is 5.67. The van der Waals surface area contributed by atoms with Crippen LogP contribution in [0.5, 0.6) is 0 Å². The van der Waals surface area contributed by atoms with Crippen LogP contribution in [-0.2, 0) is 17.9 Å². The van der Waals surface area contributed by atoms with Crippen LogP contribution in [0.1, 0.15) is 18.3 Å². The van der Waals surface area contributed by atoms with E-state index in [0.29, 0.717) is 0 Å². The van der Waals surface area contributed by atoms with E-state index in [1.165, 1.54) is 11.2 Å². The number of nitrogens with one attached hydrogen (secondary N) is 1. The second-order valence-electron chi connectivity index (χ2n) is 5.51. The molecule has 2 aromatic heterocycles. The van der Waals surface area contributed by atoms with Crippen molar-refractivity contribution in [2.24, 2.45) is 0 Å². The predicted octanol–water partition coefficient (Wildman–Crippen LogP) is 3.11. The summed E-state index contributed by atoms with van der Waals surface area (Å²) >= 11 is 0. The van der Waals surface area contributed by atoms with Crippen molar-refractivity contribution in [3.63, 3.8) is 0 Å². The van der Waals surface area contributed by atoms with Crippen molar-refractivity contribution < 1.29 is 4.79 Å². The molecule has 1 amide bonds. The lowest BCUT2D eigenvalue weighted by Crippen LogP contribution is -2.19. The van der Waals surface area contributed by atoms with Crippen LogP contribution in [0.2, 0.25) is 0 Å². The summed E-state index contributed by atoms with van der Waals surface area (Å²) in [7, 11) is 0. The highest BCUT2D eigenvalue weighted by Gasteiger charge is 2.08. The molecule has 0 unspecified atom stereocenters. The molecule has 5 nitrogen and oxygen atoms in total. The van der Waals surface area contributed by atoms with Crippen LogP contribution < -0.4 is 5.32 Å². The summed E-state index contributed by atoms with van der Waals surface area (Å²) in [5.74, 6) is -0.0749. The molecular weight excluding hydrogens is 276 g/mol. The van der Waals surface area contributed by atoms with Gasteiger partial charge in [-0.25, -0.2) is 0 Å². The number of benzene rings is 1. The highest BCUT2D eigenvalue weighted by atomic mass is 16.2. The predicted molar refractivity (Wildman–Crippen MR) is 87.9 cm³/mol. The van der Waals surface area contributed by atoms with Gasteiger partial charge in [0.1, 0.15) is 6.54 Å². The molecule has 2 heterocycles. The fourth-order valence-corrected chi connectivity index (χ4v) is 2.81. The lowest BCUT2D eigenvalue weighted by molar-refractivity contribution is -0.116. The molecule has 0 bridgehead atoms. The lowest BCUT2D eigenvalue weighted by Gasteiger charge is -2.07. The molecule has 0 saturated heterocycles. The van der Waals surface area contributed by atoms with E-state index in [0.717, 1.165) is 23.3 Å². The van der Waals surface area contributed by atoms with Gasteiger partial charge in [0.25, 0.3) is 0 Å². The minimum Gasteiger partial charge on any atom is -0.345 e. The summed E-state index contributed by atoms with van der Waals surface area (Å²) in [5, 5.41) is 8.30. The largest absolute Gasteiger partial charge is 0.345 e. The molecule has 5 heteroatoms. The minimum absolute atomic E-state index is 0.0749. The van der Waals surface area contributed by atoms with Gasteiger partial charge in [-0.1, -0.05) is 0 Å². The van der Waals surface area contributed by atoms with E-state index in [4.69, 9.17) is 0 Å². The fraction of sp³-hybridized carbons (Fsp3) is 0.294. The number of aromatic nitrogens is 3. The number of rotatable bonds is 4. The summed E-state index contributed by atoms with van der Waals surface area (Å²) < 4.78 is 3.90. The Hall–Kier alpha value is -2.56. The molecule has 3 rings (SSSR count). The molecule has 0 radical (unpaired) electrons. The van der Waals surface area contributed by atoms with Crippen LogP contribution in [0, 0.1) is 13.8 Å². The highest BCUT2D eigenvalue weighted by Crippen LogP contribution is 2.23. The van der Waals surface area contributed by atoms with Crippen LogP contribution in [0.4, 0.5) is 5.69 Å². The van der Waals surface area contributed by atoms with Crippen molar-refractivity contribution in [1.82, 2.24) is 14.3 Å². The van der Waals surface area contributed by atoms with Gasteiger partial charge in [-0.2, -0.15) is 5.10 Å². The van der Waals surface area contributed by atoms with Crippen molar-refractivity contribution in [2.45, 2.75) is 33.9 Å². The van der Waals surface area contributed by atoms with E-state index >= 15 is 0 Å². The maximum atomic E-state index is 12.1. The summed E-state index contributed by atoms with van der Waals surface area (Å²) in [5.41, 5.74) is 4.15. The average Bonchev–Trinajstić information content (AvgIpc) is 3.00. The van der Waals surface area contributed by atoms with Crippen LogP contribution in [0.15, 0.2) is 36.5 Å². The highest BCUT2D eigenvalue weighted by molar-refractivity contribution is 5.94. The number of amides is 1. The Morgan fingerprint density at radius 3 is 2.73 bits per heavy atom. The first kappa shape index (κ1) is 14.4. The van der Waals surface area contributed by atoms with E-state index in [9.17, 15) is 4.79 Å². The van der Waals surface area contributed by atoms with Gasteiger partial charge in [0.15, 0.2) is 0 Å². The van der Waals surface area contributed by atoms with Gasteiger partial charge >= 0.3 is 0 Å². The molecule has 1 aromatic carbocycles. The van der Waals surface area contributed by atoms with Gasteiger partial charge < -0.3 is 9.88 Å². The van der Waals surface area contributed by atoms with Gasteiger partial charge in [-0.3, -0.25) is 9.48 Å². The summed E-state index contributed by atoms with van der Waals surface area (Å²) in [4.78, 5) is 12.1. The maximum Gasteiger partial charge on any atom is 0.246 e. The number of fused-ring (bicyclic) bond motifs is 1. The first-order valence-electron chi connectivity index (χ1n) is 7.46. The average molecular weight is 296 g/mol. The molecule has 0 aliphatic heterocycles. The standard InChI is InChI=1S/C17H20N4O/c1-4-21-13(3)9-14-10-15(5-6-16(14)21)18-17(22)11-20-8-7-12(2)19-20/h5-10H,4,11H2,1-3H3,(H,18,22). The number of nitrogens with zero attached hydrogens (tertiary/aromatic N) is 3. The van der Waals surface area contributed by atoms with Gasteiger partial charge in [0, 0.05) is 35.0 Å². The van der Waals surface area contributed by atoms with Crippen LogP contribution >= 0.6 is 0 Å². The number of carbonyl (C=O) groups excluding carboxylic acids is 1. The number of hydrogen-bond donors (Lipinski definition) is 1. The maximum absolute atomic E-state index is 12.1. The third-order valence-corrected chi connectivity index (χ3v) is 3.79. The van der Waals surface area contributed by atoms with Crippen molar-refractivity contribution in [3.8, 4) is 0 Å². The van der Waals surface area contributed by atoms with E-state index in [1.54, 1.807) is 4.68 Å². The number of hydrogen-bond acceptors (Lipinski definition) is 2. The zero-order chi connectivity index (χ0) is 15.7. The Morgan fingerprint density at radius 2 is 2.05 bits per heavy atom. The number of carbonyl (C=O) groups is 1. The first-order valence-corrected chi connectivity index (χ1v) is 7.46. The van der Waals surface area contributed by atoms with Crippen molar-refractivity contribution in [1.29, 1.82) is 0 Å². The zero-order valence-electron chi connectivity index (χ0n) is 13.1. The van der Waals surface area contributed by atoms with Crippen LogP contribution in [0.3, 0.4) is 0 Å². The molecule has 0 atom stereocenters. The van der Waals surface area contributed by atoms with Gasteiger partial charge in [0.05, 0.1) is 5.69 Å². The Labute approximate surface area is 129 Å². The molecule has 114 valence electrons. The minimum atomic E-state index is -0.0749. The van der Waals surface area contributed by atoms with Crippen LogP contribution in [0.25, 0.3) is 10.9 Å². The van der Waals surface area contributed by atoms with E-state index in [2.05, 4.69) is 41.0 Å². The van der Waals surface area contributed by atoms with Gasteiger partial charge in [-0.15, -0.1) is 0 Å². The first-order chi connectivity index (χ1) is 10.6. The normalized spacial score (nSPS) is 11.0. The van der Waals surface area contributed by atoms with E-state index < -0.39 is 0 Å². The quantitative estimate of drug-likeness (QED) is 0.804. The smallest absolute Gasteiger partial charge is 0.246 e. The number of anilines is 1. The summed E-state index contributed by atoms with van der Waals surface area (Å²) in [6, 6.07) is 10.0. The molecule has 0 aliphatic rings. The Kier molecular flexibility index (Phi) is 3.71. The van der Waals surface area contributed by atoms with Gasteiger partial charge in [0.2, 0.25) is 5.91 Å². The van der Waals surface area contributed by atoms with Gasteiger partial charge in [-0.05, 0) is 51.1 Å². The third kappa shape index (κ3) is 2.74. The summed E-state index contributed by atoms with van der Waals surface area (Å²) in [6.07, 6.45) is 1.81. The van der Waals surface area contributed by atoms with E-state index in [-0.39, 0.29) is 12.5 Å². The molecular formula is C17H20N4O. The lowest BCUT2D eigenvalue weighted by atomic mass is 10.2.